The van der Waals surface area contributed by atoms with Gasteiger partial charge >= 0.3 is 0 Å². The second-order valence-corrected chi connectivity index (χ2v) is 7.50. The summed E-state index contributed by atoms with van der Waals surface area (Å²) in [6, 6.07) is 12.3. The minimum atomic E-state index is 0.327. The predicted molar refractivity (Wildman–Crippen MR) is 107 cm³/mol. The maximum Gasteiger partial charge on any atom is 0.142 e. The minimum absolute atomic E-state index is 0.327. The first-order valence-electron chi connectivity index (χ1n) is 9.60. The highest BCUT2D eigenvalue weighted by Gasteiger charge is 2.21. The van der Waals surface area contributed by atoms with E-state index in [0.29, 0.717) is 18.3 Å². The molecule has 0 radical (unpaired) electrons. The number of nitrogens with zero attached hydrogens (tertiary/aromatic N) is 1. The summed E-state index contributed by atoms with van der Waals surface area (Å²) in [7, 11) is 0. The number of aryl methyl sites for hydroxylation is 2. The van der Waals surface area contributed by atoms with Crippen LogP contribution in [0.4, 0.5) is 0 Å². The molecule has 1 aliphatic carbocycles. The van der Waals surface area contributed by atoms with Gasteiger partial charge in [-0.25, -0.2) is 0 Å². The Kier molecular flexibility index (Phi) is 5.97. The lowest BCUT2D eigenvalue weighted by molar-refractivity contribution is 0.130. The fourth-order valence-corrected chi connectivity index (χ4v) is 3.72. The number of benzene rings is 2. The van der Waals surface area contributed by atoms with Crippen LogP contribution in [0.1, 0.15) is 72.8 Å². The molecule has 0 spiro atoms. The van der Waals surface area contributed by atoms with Crippen LogP contribution in [0.25, 0.3) is 0 Å². The van der Waals surface area contributed by atoms with Gasteiger partial charge < -0.3 is 9.94 Å². The Morgan fingerprint density at radius 2 is 1.77 bits per heavy atom. The van der Waals surface area contributed by atoms with E-state index in [2.05, 4.69) is 42.4 Å². The molecule has 0 bridgehead atoms. The molecule has 2 aromatic carbocycles. The van der Waals surface area contributed by atoms with Crippen molar-refractivity contribution in [1.82, 2.24) is 0 Å². The molecule has 3 heteroatoms. The van der Waals surface area contributed by atoms with Crippen LogP contribution in [0.15, 0.2) is 41.6 Å². The summed E-state index contributed by atoms with van der Waals surface area (Å²) in [5.74, 6) is 0.882. The van der Waals surface area contributed by atoms with Crippen molar-refractivity contribution in [3.05, 3.63) is 64.2 Å². The van der Waals surface area contributed by atoms with Crippen molar-refractivity contribution < 1.29 is 9.94 Å². The smallest absolute Gasteiger partial charge is 0.142 e. The van der Waals surface area contributed by atoms with E-state index in [1.54, 1.807) is 0 Å². The molecule has 3 rings (SSSR count). The number of hydrogen-bond donors (Lipinski definition) is 1. The fraction of sp³-hybridized carbons (Fsp3) is 0.435. The number of phenolic OH excluding ortho intramolecular Hbond substituents is 1. The van der Waals surface area contributed by atoms with Gasteiger partial charge in [-0.15, -0.1) is 0 Å². The summed E-state index contributed by atoms with van der Waals surface area (Å²) in [6.45, 7) is 6.45. The number of hydrogen-bond acceptors (Lipinski definition) is 3. The van der Waals surface area contributed by atoms with E-state index < -0.39 is 0 Å². The van der Waals surface area contributed by atoms with Crippen LogP contribution in [0.5, 0.6) is 5.75 Å². The first kappa shape index (κ1) is 18.5. The Bertz CT molecular complexity index is 772. The molecule has 1 N–H and O–H groups in total. The zero-order chi connectivity index (χ0) is 18.5. The molecule has 1 fully saturated rings. The van der Waals surface area contributed by atoms with E-state index in [-0.39, 0.29) is 0 Å². The molecular weight excluding hydrogens is 322 g/mol. The molecule has 1 aliphatic rings. The van der Waals surface area contributed by atoms with Gasteiger partial charge in [0.25, 0.3) is 0 Å². The van der Waals surface area contributed by atoms with E-state index in [1.807, 2.05) is 19.9 Å². The molecule has 26 heavy (non-hydrogen) atoms. The van der Waals surface area contributed by atoms with Gasteiger partial charge in [0.2, 0.25) is 0 Å². The van der Waals surface area contributed by atoms with Crippen LogP contribution >= 0.6 is 0 Å². The highest BCUT2D eigenvalue weighted by molar-refractivity contribution is 6.00. The van der Waals surface area contributed by atoms with E-state index >= 15 is 0 Å². The van der Waals surface area contributed by atoms with E-state index in [9.17, 15) is 5.11 Å². The topological polar surface area (TPSA) is 41.8 Å². The zero-order valence-corrected chi connectivity index (χ0v) is 16.1. The molecule has 138 valence electrons. The van der Waals surface area contributed by atoms with Gasteiger partial charge in [-0.1, -0.05) is 60.3 Å². The second kappa shape index (κ2) is 8.39. The number of aromatic hydroxyl groups is 1. The van der Waals surface area contributed by atoms with Crippen LogP contribution in [-0.4, -0.2) is 10.8 Å². The Morgan fingerprint density at radius 3 is 2.46 bits per heavy atom. The lowest BCUT2D eigenvalue weighted by Crippen LogP contribution is -2.11. The van der Waals surface area contributed by atoms with Crippen LogP contribution < -0.4 is 0 Å². The molecule has 1 saturated carbocycles. The zero-order valence-electron chi connectivity index (χ0n) is 16.1. The van der Waals surface area contributed by atoms with Crippen molar-refractivity contribution in [3.63, 3.8) is 0 Å². The molecule has 0 aromatic heterocycles. The monoisotopic (exact) mass is 351 g/mol. The number of oxime groups is 1. The summed E-state index contributed by atoms with van der Waals surface area (Å²) in [5.41, 5.74) is 6.42. The van der Waals surface area contributed by atoms with Gasteiger partial charge in [0, 0.05) is 5.56 Å². The second-order valence-electron chi connectivity index (χ2n) is 7.50. The highest BCUT2D eigenvalue weighted by atomic mass is 16.6. The van der Waals surface area contributed by atoms with E-state index in [4.69, 9.17) is 4.84 Å². The van der Waals surface area contributed by atoms with Crippen LogP contribution in [0.3, 0.4) is 0 Å². The molecule has 0 atom stereocenters. The van der Waals surface area contributed by atoms with Crippen LogP contribution in [0.2, 0.25) is 0 Å². The largest absolute Gasteiger partial charge is 0.508 e. The maximum absolute atomic E-state index is 10.2. The lowest BCUT2D eigenvalue weighted by atomic mass is 9.80. The molecule has 0 unspecified atom stereocenters. The third kappa shape index (κ3) is 4.46. The van der Waals surface area contributed by atoms with Gasteiger partial charge in [-0.3, -0.25) is 0 Å². The molecule has 0 amide bonds. The third-order valence-electron chi connectivity index (χ3n) is 5.36. The normalized spacial score (nSPS) is 15.9. The molecule has 0 aliphatic heterocycles. The standard InChI is InChI=1S/C23H29NO2/c1-16-9-11-19(12-10-16)15-26-24-18(3)21-14-23(25)17(2)13-22(21)20-7-5-4-6-8-20/h9-14,20,25H,4-8,15H2,1-3H3. The molecule has 2 aromatic rings. The molecular formula is C23H29NO2. The average Bonchev–Trinajstić information content (AvgIpc) is 2.66. The Morgan fingerprint density at radius 1 is 1.08 bits per heavy atom. The molecule has 0 heterocycles. The van der Waals surface area contributed by atoms with Gasteiger partial charge in [-0.05, 0) is 62.3 Å². The van der Waals surface area contributed by atoms with Crippen molar-refractivity contribution in [3.8, 4) is 5.75 Å². The van der Waals surface area contributed by atoms with Crippen molar-refractivity contribution in [1.29, 1.82) is 0 Å². The van der Waals surface area contributed by atoms with Crippen molar-refractivity contribution >= 4 is 5.71 Å². The summed E-state index contributed by atoms with van der Waals surface area (Å²) in [6.07, 6.45) is 6.33. The van der Waals surface area contributed by atoms with E-state index in [0.717, 1.165) is 22.4 Å². The first-order valence-corrected chi connectivity index (χ1v) is 9.60. The van der Waals surface area contributed by atoms with Gasteiger partial charge in [-0.2, -0.15) is 0 Å². The highest BCUT2D eigenvalue weighted by Crippen LogP contribution is 2.37. The fourth-order valence-electron chi connectivity index (χ4n) is 3.72. The number of rotatable bonds is 5. The quantitative estimate of drug-likeness (QED) is 0.530. The van der Waals surface area contributed by atoms with Gasteiger partial charge in [0.1, 0.15) is 12.4 Å². The van der Waals surface area contributed by atoms with Crippen LogP contribution in [-0.2, 0) is 11.4 Å². The molecule has 3 nitrogen and oxygen atoms in total. The minimum Gasteiger partial charge on any atom is -0.508 e. The summed E-state index contributed by atoms with van der Waals surface area (Å²) in [4.78, 5) is 5.59. The predicted octanol–water partition coefficient (Wildman–Crippen LogP) is 6.00. The van der Waals surface area contributed by atoms with Crippen LogP contribution in [0, 0.1) is 13.8 Å². The average molecular weight is 351 g/mol. The van der Waals surface area contributed by atoms with E-state index in [1.165, 1.54) is 43.2 Å². The Hall–Kier alpha value is -2.29. The lowest BCUT2D eigenvalue weighted by Gasteiger charge is -2.25. The number of phenols is 1. The van der Waals surface area contributed by atoms with Gasteiger partial charge in [0.15, 0.2) is 0 Å². The first-order chi connectivity index (χ1) is 12.5. The third-order valence-corrected chi connectivity index (χ3v) is 5.36. The maximum atomic E-state index is 10.2. The van der Waals surface area contributed by atoms with Crippen molar-refractivity contribution in [2.45, 2.75) is 65.4 Å². The molecule has 0 saturated heterocycles. The summed E-state index contributed by atoms with van der Waals surface area (Å²) in [5, 5.41) is 14.5. The SMILES string of the molecule is CC(=NOCc1ccc(C)cc1)c1cc(O)c(C)cc1C1CCCCC1. The van der Waals surface area contributed by atoms with Gasteiger partial charge in [0.05, 0.1) is 5.71 Å². The Balaban J connectivity index is 1.79. The Labute approximate surface area is 156 Å². The van der Waals surface area contributed by atoms with Crippen molar-refractivity contribution in [2.75, 3.05) is 0 Å². The summed E-state index contributed by atoms with van der Waals surface area (Å²) < 4.78 is 0. The summed E-state index contributed by atoms with van der Waals surface area (Å²) >= 11 is 0. The van der Waals surface area contributed by atoms with Crippen molar-refractivity contribution in [2.24, 2.45) is 5.16 Å².